The highest BCUT2D eigenvalue weighted by Crippen LogP contribution is 2.25. The van der Waals surface area contributed by atoms with Crippen molar-refractivity contribution in [3.05, 3.63) is 52.3 Å². The van der Waals surface area contributed by atoms with Crippen LogP contribution in [-0.4, -0.2) is 52.4 Å². The fraction of sp³-hybridized carbons (Fsp3) is 0.333. The third-order valence-electron chi connectivity index (χ3n) is 4.38. The summed E-state index contributed by atoms with van der Waals surface area (Å²) in [7, 11) is 0. The molecule has 26 heavy (non-hydrogen) atoms. The molecule has 0 atom stereocenters. The number of nitro benzene ring substituents is 1. The molecule has 3 rings (SSSR count). The number of furan rings is 1. The SMILES string of the molecule is N#CCCN1CCN(C(=S)c2ccc(-c3ccc([N+](=O)[O-])cc3)o2)CC1. The molecule has 1 aromatic carbocycles. The van der Waals surface area contributed by atoms with E-state index in [-0.39, 0.29) is 5.69 Å². The smallest absolute Gasteiger partial charge is 0.269 e. The molecular formula is C18H18N4O3S. The van der Waals surface area contributed by atoms with Gasteiger partial charge in [0, 0.05) is 56.8 Å². The van der Waals surface area contributed by atoms with Crippen LogP contribution >= 0.6 is 12.2 Å². The van der Waals surface area contributed by atoms with Crippen molar-refractivity contribution in [2.24, 2.45) is 0 Å². The third kappa shape index (κ3) is 4.07. The Kier molecular flexibility index (Phi) is 5.61. The van der Waals surface area contributed by atoms with Gasteiger partial charge in [-0.25, -0.2) is 0 Å². The van der Waals surface area contributed by atoms with E-state index in [1.807, 2.05) is 12.1 Å². The van der Waals surface area contributed by atoms with E-state index in [2.05, 4.69) is 15.9 Å². The van der Waals surface area contributed by atoms with E-state index in [1.54, 1.807) is 12.1 Å². The highest BCUT2D eigenvalue weighted by atomic mass is 32.1. The van der Waals surface area contributed by atoms with Gasteiger partial charge in [-0.05, 0) is 24.3 Å². The van der Waals surface area contributed by atoms with Crippen molar-refractivity contribution in [2.45, 2.75) is 6.42 Å². The van der Waals surface area contributed by atoms with Crippen LogP contribution in [0.1, 0.15) is 12.2 Å². The average Bonchev–Trinajstić information content (AvgIpc) is 3.16. The van der Waals surface area contributed by atoms with Gasteiger partial charge in [0.2, 0.25) is 0 Å². The molecule has 0 aliphatic carbocycles. The molecule has 0 N–H and O–H groups in total. The number of non-ortho nitro benzene ring substituents is 1. The van der Waals surface area contributed by atoms with E-state index in [9.17, 15) is 10.1 Å². The van der Waals surface area contributed by atoms with Crippen molar-refractivity contribution >= 4 is 22.9 Å². The number of benzene rings is 1. The molecule has 2 aromatic rings. The second kappa shape index (κ2) is 8.08. The summed E-state index contributed by atoms with van der Waals surface area (Å²) in [4.78, 5) is 15.3. The number of hydrogen-bond donors (Lipinski definition) is 0. The van der Waals surface area contributed by atoms with E-state index in [1.165, 1.54) is 12.1 Å². The summed E-state index contributed by atoms with van der Waals surface area (Å²) in [5.74, 6) is 1.25. The second-order valence-corrected chi connectivity index (χ2v) is 6.40. The summed E-state index contributed by atoms with van der Waals surface area (Å²) in [6, 6.07) is 12.1. The Morgan fingerprint density at radius 3 is 2.50 bits per heavy atom. The Balaban J connectivity index is 1.63. The van der Waals surface area contributed by atoms with E-state index in [0.717, 1.165) is 38.3 Å². The van der Waals surface area contributed by atoms with Crippen LogP contribution in [0.2, 0.25) is 0 Å². The van der Waals surface area contributed by atoms with Crippen molar-refractivity contribution in [1.82, 2.24) is 9.80 Å². The summed E-state index contributed by atoms with van der Waals surface area (Å²) < 4.78 is 5.87. The predicted molar refractivity (Wildman–Crippen MR) is 101 cm³/mol. The second-order valence-electron chi connectivity index (χ2n) is 6.01. The van der Waals surface area contributed by atoms with Gasteiger partial charge in [0.05, 0.1) is 11.0 Å². The summed E-state index contributed by atoms with van der Waals surface area (Å²) in [6.45, 7) is 4.15. The maximum Gasteiger partial charge on any atom is 0.269 e. The number of nitrogens with zero attached hydrogens (tertiary/aromatic N) is 4. The Labute approximate surface area is 156 Å². The lowest BCUT2D eigenvalue weighted by Gasteiger charge is -2.35. The van der Waals surface area contributed by atoms with Gasteiger partial charge in [0.15, 0.2) is 5.76 Å². The van der Waals surface area contributed by atoms with Crippen LogP contribution in [0.4, 0.5) is 5.69 Å². The Morgan fingerprint density at radius 1 is 1.19 bits per heavy atom. The van der Waals surface area contributed by atoms with Crippen LogP contribution in [0.25, 0.3) is 11.3 Å². The predicted octanol–water partition coefficient (Wildman–Crippen LogP) is 3.06. The largest absolute Gasteiger partial charge is 0.454 e. The van der Waals surface area contributed by atoms with Crippen LogP contribution in [-0.2, 0) is 0 Å². The summed E-state index contributed by atoms with van der Waals surface area (Å²) in [5, 5.41) is 19.4. The molecule has 0 bridgehead atoms. The maximum absolute atomic E-state index is 10.7. The zero-order valence-electron chi connectivity index (χ0n) is 14.1. The van der Waals surface area contributed by atoms with Crippen molar-refractivity contribution in [2.75, 3.05) is 32.7 Å². The fourth-order valence-electron chi connectivity index (χ4n) is 2.89. The first-order chi connectivity index (χ1) is 12.6. The summed E-state index contributed by atoms with van der Waals surface area (Å²) in [6.07, 6.45) is 0.543. The van der Waals surface area contributed by atoms with E-state index < -0.39 is 4.92 Å². The Morgan fingerprint density at radius 2 is 1.88 bits per heavy atom. The Hall–Kier alpha value is -2.76. The molecule has 1 aromatic heterocycles. The minimum atomic E-state index is -0.428. The quantitative estimate of drug-likeness (QED) is 0.454. The molecule has 0 radical (unpaired) electrons. The highest BCUT2D eigenvalue weighted by molar-refractivity contribution is 7.80. The molecule has 1 aliphatic rings. The van der Waals surface area contributed by atoms with Gasteiger partial charge in [-0.3, -0.25) is 15.0 Å². The highest BCUT2D eigenvalue weighted by Gasteiger charge is 2.21. The molecule has 134 valence electrons. The topological polar surface area (TPSA) is 86.5 Å². The lowest BCUT2D eigenvalue weighted by Crippen LogP contribution is -2.48. The minimum absolute atomic E-state index is 0.0466. The van der Waals surface area contributed by atoms with Crippen molar-refractivity contribution in [1.29, 1.82) is 5.26 Å². The fourth-order valence-corrected chi connectivity index (χ4v) is 3.19. The Bertz CT molecular complexity index is 833. The average molecular weight is 370 g/mol. The normalized spacial score (nSPS) is 14.8. The first-order valence-electron chi connectivity index (χ1n) is 8.32. The number of nitriles is 1. The lowest BCUT2D eigenvalue weighted by molar-refractivity contribution is -0.384. The molecule has 0 unspecified atom stereocenters. The molecule has 0 spiro atoms. The van der Waals surface area contributed by atoms with Gasteiger partial charge in [-0.15, -0.1) is 0 Å². The number of nitro groups is 1. The van der Waals surface area contributed by atoms with Crippen molar-refractivity contribution in [3.63, 3.8) is 0 Å². The van der Waals surface area contributed by atoms with Crippen LogP contribution in [0.15, 0.2) is 40.8 Å². The molecule has 8 heteroatoms. The van der Waals surface area contributed by atoms with Gasteiger partial charge < -0.3 is 9.32 Å². The van der Waals surface area contributed by atoms with E-state index >= 15 is 0 Å². The molecular weight excluding hydrogens is 352 g/mol. The number of piperazine rings is 1. The molecule has 0 amide bonds. The monoisotopic (exact) mass is 370 g/mol. The van der Waals surface area contributed by atoms with Crippen LogP contribution in [0, 0.1) is 21.4 Å². The molecule has 7 nitrogen and oxygen atoms in total. The summed E-state index contributed by atoms with van der Waals surface area (Å²) >= 11 is 5.56. The van der Waals surface area contributed by atoms with Gasteiger partial charge in [0.1, 0.15) is 10.7 Å². The van der Waals surface area contributed by atoms with Crippen LogP contribution in [0.5, 0.6) is 0 Å². The molecule has 1 fully saturated rings. The lowest BCUT2D eigenvalue weighted by atomic mass is 10.1. The maximum atomic E-state index is 10.7. The van der Waals surface area contributed by atoms with Crippen LogP contribution < -0.4 is 0 Å². The van der Waals surface area contributed by atoms with Crippen LogP contribution in [0.3, 0.4) is 0 Å². The minimum Gasteiger partial charge on any atom is -0.454 e. The molecule has 0 saturated carbocycles. The number of thiocarbonyl (C=S) groups is 1. The summed E-state index contributed by atoms with van der Waals surface area (Å²) in [5.41, 5.74) is 0.816. The van der Waals surface area contributed by atoms with Crippen molar-refractivity contribution < 1.29 is 9.34 Å². The number of hydrogen-bond acceptors (Lipinski definition) is 6. The van der Waals surface area contributed by atoms with E-state index in [0.29, 0.717) is 22.9 Å². The molecule has 1 aliphatic heterocycles. The van der Waals surface area contributed by atoms with Gasteiger partial charge in [-0.1, -0.05) is 12.2 Å². The standard InChI is InChI=1S/C18H18N4O3S/c19-8-1-9-20-10-12-21(13-11-20)18(26)17-7-6-16(25-17)14-2-4-15(5-3-14)22(23)24/h2-7H,1,9-13H2. The molecule has 1 saturated heterocycles. The number of rotatable bonds is 5. The first-order valence-corrected chi connectivity index (χ1v) is 8.72. The van der Waals surface area contributed by atoms with Gasteiger partial charge in [0.25, 0.3) is 5.69 Å². The van der Waals surface area contributed by atoms with Gasteiger partial charge in [-0.2, -0.15) is 5.26 Å². The van der Waals surface area contributed by atoms with Gasteiger partial charge >= 0.3 is 0 Å². The van der Waals surface area contributed by atoms with E-state index in [4.69, 9.17) is 21.9 Å². The third-order valence-corrected chi connectivity index (χ3v) is 4.84. The van der Waals surface area contributed by atoms with Crippen molar-refractivity contribution in [3.8, 4) is 17.4 Å². The first kappa shape index (κ1) is 18.0. The zero-order valence-corrected chi connectivity index (χ0v) is 14.9. The zero-order chi connectivity index (χ0) is 18.5. The molecule has 2 heterocycles.